The monoisotopic (exact) mass is 436 g/mol. The Kier molecular flexibility index (Phi) is 8.33. The predicted molar refractivity (Wildman–Crippen MR) is 122 cm³/mol. The van der Waals surface area contributed by atoms with Gasteiger partial charge in [0.2, 0.25) is 5.91 Å². The fraction of sp³-hybridized carbons (Fsp3) is 0.304. The molecule has 1 amide bonds. The molecule has 9 nitrogen and oxygen atoms in total. The molecule has 0 aliphatic heterocycles. The average Bonchev–Trinajstić information content (AvgIpc) is 3.28. The van der Waals surface area contributed by atoms with Crippen LogP contribution in [0.2, 0.25) is 0 Å². The van der Waals surface area contributed by atoms with Crippen LogP contribution in [-0.4, -0.2) is 47.0 Å². The van der Waals surface area contributed by atoms with Crippen LogP contribution >= 0.6 is 0 Å². The SMILES string of the molecule is COCCCOc1cc(CCC(=O)N=C(N)N)ccc1-c1cccc(Cn2cncn2)c1. The lowest BCUT2D eigenvalue weighted by atomic mass is 9.99. The first-order chi connectivity index (χ1) is 15.5. The Bertz CT molecular complexity index is 1050. The number of nitrogens with zero attached hydrogens (tertiary/aromatic N) is 4. The minimum atomic E-state index is -0.350. The van der Waals surface area contributed by atoms with Crippen molar-refractivity contribution < 1.29 is 14.3 Å². The number of carbonyl (C=O) groups excluding carboxylic acids is 1. The highest BCUT2D eigenvalue weighted by Crippen LogP contribution is 2.32. The number of benzene rings is 2. The molecular weight excluding hydrogens is 408 g/mol. The van der Waals surface area contributed by atoms with Crippen molar-refractivity contribution in [2.45, 2.75) is 25.8 Å². The molecule has 0 radical (unpaired) electrons. The molecule has 0 saturated carbocycles. The van der Waals surface area contributed by atoms with Gasteiger partial charge in [-0.15, -0.1) is 0 Å². The van der Waals surface area contributed by atoms with Crippen molar-refractivity contribution in [1.82, 2.24) is 14.8 Å². The normalized spacial score (nSPS) is 10.7. The van der Waals surface area contributed by atoms with Gasteiger partial charge in [-0.25, -0.2) is 9.67 Å². The Hall–Kier alpha value is -3.72. The first-order valence-electron chi connectivity index (χ1n) is 10.3. The van der Waals surface area contributed by atoms with Gasteiger partial charge in [0.25, 0.3) is 0 Å². The summed E-state index contributed by atoms with van der Waals surface area (Å²) in [4.78, 5) is 19.4. The van der Waals surface area contributed by atoms with Crippen LogP contribution < -0.4 is 16.2 Å². The second-order valence-electron chi connectivity index (χ2n) is 7.25. The van der Waals surface area contributed by atoms with Gasteiger partial charge >= 0.3 is 0 Å². The summed E-state index contributed by atoms with van der Waals surface area (Å²) in [6.07, 6.45) is 4.71. The molecule has 0 fully saturated rings. The maximum atomic E-state index is 11.8. The first-order valence-corrected chi connectivity index (χ1v) is 10.3. The van der Waals surface area contributed by atoms with Crippen molar-refractivity contribution >= 4 is 11.9 Å². The minimum absolute atomic E-state index is 0.216. The van der Waals surface area contributed by atoms with Gasteiger partial charge in [-0.05, 0) is 35.2 Å². The van der Waals surface area contributed by atoms with Gasteiger partial charge in [-0.3, -0.25) is 4.79 Å². The second kappa shape index (κ2) is 11.6. The van der Waals surface area contributed by atoms with E-state index in [2.05, 4.69) is 21.1 Å². The molecule has 1 heterocycles. The minimum Gasteiger partial charge on any atom is -0.493 e. The summed E-state index contributed by atoms with van der Waals surface area (Å²) < 4.78 is 13.0. The van der Waals surface area contributed by atoms with Crippen LogP contribution in [0.3, 0.4) is 0 Å². The Morgan fingerprint density at radius 2 is 2.00 bits per heavy atom. The zero-order chi connectivity index (χ0) is 22.8. The van der Waals surface area contributed by atoms with E-state index in [1.807, 2.05) is 36.4 Å². The fourth-order valence-corrected chi connectivity index (χ4v) is 3.26. The van der Waals surface area contributed by atoms with E-state index >= 15 is 0 Å². The van der Waals surface area contributed by atoms with Crippen LogP contribution in [0.15, 0.2) is 60.1 Å². The topological polar surface area (TPSA) is 131 Å². The number of hydrogen-bond acceptors (Lipinski definition) is 5. The molecule has 2 aromatic carbocycles. The van der Waals surface area contributed by atoms with Gasteiger partial charge in [-0.1, -0.05) is 30.3 Å². The molecule has 0 aliphatic carbocycles. The van der Waals surface area contributed by atoms with Crippen LogP contribution in [0.4, 0.5) is 0 Å². The Morgan fingerprint density at radius 1 is 1.12 bits per heavy atom. The molecule has 9 heteroatoms. The van der Waals surface area contributed by atoms with E-state index in [9.17, 15) is 4.79 Å². The summed E-state index contributed by atoms with van der Waals surface area (Å²) >= 11 is 0. The quantitative estimate of drug-likeness (QED) is 0.267. The molecular formula is C23H28N6O3. The number of aromatic nitrogens is 3. The van der Waals surface area contributed by atoms with E-state index in [1.165, 1.54) is 6.33 Å². The van der Waals surface area contributed by atoms with Gasteiger partial charge in [0.1, 0.15) is 18.4 Å². The van der Waals surface area contributed by atoms with Gasteiger partial charge in [0.05, 0.1) is 13.2 Å². The lowest BCUT2D eigenvalue weighted by molar-refractivity contribution is -0.117. The lowest BCUT2D eigenvalue weighted by Crippen LogP contribution is -2.24. The third-order valence-electron chi connectivity index (χ3n) is 4.73. The molecule has 0 saturated heterocycles. The van der Waals surface area contributed by atoms with Gasteiger partial charge < -0.3 is 20.9 Å². The van der Waals surface area contributed by atoms with Crippen molar-refractivity contribution in [2.75, 3.05) is 20.3 Å². The Balaban J connectivity index is 1.81. The molecule has 3 rings (SSSR count). The standard InChI is InChI=1S/C23H28N6O3/c1-31-10-3-11-32-21-13-17(7-9-22(30)28-23(24)25)6-8-20(21)19-5-2-4-18(12-19)14-29-16-26-15-27-29/h2,4-6,8,12-13,15-16H,3,7,9-11,14H2,1H3,(H4,24,25,28,30). The molecule has 0 aliphatic rings. The molecule has 168 valence electrons. The summed E-state index contributed by atoms with van der Waals surface area (Å²) in [7, 11) is 1.67. The highest BCUT2D eigenvalue weighted by Gasteiger charge is 2.11. The van der Waals surface area contributed by atoms with Crippen LogP contribution in [-0.2, 0) is 22.5 Å². The number of aliphatic imine (C=N–C) groups is 1. The molecule has 1 aromatic heterocycles. The fourth-order valence-electron chi connectivity index (χ4n) is 3.26. The lowest BCUT2D eigenvalue weighted by Gasteiger charge is -2.14. The maximum Gasteiger partial charge on any atom is 0.249 e. The number of hydrogen-bond donors (Lipinski definition) is 2. The van der Waals surface area contributed by atoms with Gasteiger partial charge in [0, 0.05) is 32.1 Å². The van der Waals surface area contributed by atoms with Crippen LogP contribution in [0, 0.1) is 0 Å². The third kappa shape index (κ3) is 6.92. The summed E-state index contributed by atoms with van der Waals surface area (Å²) in [6.45, 7) is 1.77. The van der Waals surface area contributed by atoms with E-state index in [1.54, 1.807) is 18.1 Å². The smallest absolute Gasteiger partial charge is 0.249 e. The van der Waals surface area contributed by atoms with Crippen molar-refractivity contribution in [2.24, 2.45) is 16.5 Å². The number of amides is 1. The van der Waals surface area contributed by atoms with Crippen molar-refractivity contribution in [3.63, 3.8) is 0 Å². The summed E-state index contributed by atoms with van der Waals surface area (Å²) in [5.74, 6) is 0.182. The van der Waals surface area contributed by atoms with Crippen LogP contribution in [0.25, 0.3) is 11.1 Å². The van der Waals surface area contributed by atoms with E-state index in [0.717, 1.165) is 34.4 Å². The summed E-state index contributed by atoms with van der Waals surface area (Å²) in [5, 5.41) is 4.17. The average molecular weight is 437 g/mol. The molecule has 0 atom stereocenters. The molecule has 0 bridgehead atoms. The van der Waals surface area contributed by atoms with E-state index < -0.39 is 0 Å². The van der Waals surface area contributed by atoms with Crippen LogP contribution in [0.1, 0.15) is 24.0 Å². The second-order valence-corrected chi connectivity index (χ2v) is 7.25. The first kappa shape index (κ1) is 23.0. The summed E-state index contributed by atoms with van der Waals surface area (Å²) in [5.41, 5.74) is 14.6. The van der Waals surface area contributed by atoms with Gasteiger partial charge in [-0.2, -0.15) is 10.1 Å². The third-order valence-corrected chi connectivity index (χ3v) is 4.73. The van der Waals surface area contributed by atoms with E-state index in [-0.39, 0.29) is 18.3 Å². The maximum absolute atomic E-state index is 11.8. The number of guanidine groups is 1. The predicted octanol–water partition coefficient (Wildman–Crippen LogP) is 2.14. The van der Waals surface area contributed by atoms with E-state index in [4.69, 9.17) is 20.9 Å². The molecule has 4 N–H and O–H groups in total. The Labute approximate surface area is 187 Å². The van der Waals surface area contributed by atoms with Gasteiger partial charge in [0.15, 0.2) is 5.96 Å². The molecule has 32 heavy (non-hydrogen) atoms. The zero-order valence-corrected chi connectivity index (χ0v) is 18.1. The van der Waals surface area contributed by atoms with Crippen LogP contribution in [0.5, 0.6) is 5.75 Å². The Morgan fingerprint density at radius 3 is 2.75 bits per heavy atom. The number of ether oxygens (including phenoxy) is 2. The van der Waals surface area contributed by atoms with Crippen molar-refractivity contribution in [3.05, 3.63) is 66.2 Å². The molecule has 0 spiro atoms. The number of rotatable bonds is 11. The summed E-state index contributed by atoms with van der Waals surface area (Å²) in [6, 6.07) is 14.2. The number of aryl methyl sites for hydroxylation is 1. The number of methoxy groups -OCH3 is 1. The number of nitrogens with two attached hydrogens (primary N) is 2. The van der Waals surface area contributed by atoms with E-state index in [0.29, 0.717) is 26.2 Å². The van der Waals surface area contributed by atoms with Crippen molar-refractivity contribution in [1.29, 1.82) is 0 Å². The highest BCUT2D eigenvalue weighted by atomic mass is 16.5. The largest absolute Gasteiger partial charge is 0.493 e. The number of carbonyl (C=O) groups is 1. The zero-order valence-electron chi connectivity index (χ0n) is 18.1. The van der Waals surface area contributed by atoms with Crippen molar-refractivity contribution in [3.8, 4) is 16.9 Å². The highest BCUT2D eigenvalue weighted by molar-refractivity contribution is 5.91. The molecule has 3 aromatic rings. The molecule has 0 unspecified atom stereocenters.